The van der Waals surface area contributed by atoms with E-state index in [0.29, 0.717) is 6.04 Å². The van der Waals surface area contributed by atoms with Crippen LogP contribution in [0.25, 0.3) is 0 Å². The third kappa shape index (κ3) is 3.26. The van der Waals surface area contributed by atoms with Gasteiger partial charge in [-0.1, -0.05) is 12.1 Å². The normalized spacial score (nSPS) is 23.4. The van der Waals surface area contributed by atoms with Crippen LogP contribution >= 0.6 is 0 Å². The summed E-state index contributed by atoms with van der Waals surface area (Å²) in [5.41, 5.74) is 7.89. The van der Waals surface area contributed by atoms with Crippen molar-refractivity contribution in [3.63, 3.8) is 0 Å². The van der Waals surface area contributed by atoms with E-state index in [1.807, 2.05) is 7.05 Å². The van der Waals surface area contributed by atoms with Gasteiger partial charge in [-0.05, 0) is 44.5 Å². The number of carbonyl (C=O) groups excluding carboxylic acids is 1. The zero-order chi connectivity index (χ0) is 13.8. The molecule has 0 saturated carbocycles. The SMILES string of the molecule is CNCc1ccc(N2CC(C(N)=O)CCC2C)cc1. The van der Waals surface area contributed by atoms with E-state index in [2.05, 4.69) is 41.4 Å². The van der Waals surface area contributed by atoms with E-state index < -0.39 is 0 Å². The lowest BCUT2D eigenvalue weighted by molar-refractivity contribution is -0.122. The van der Waals surface area contributed by atoms with E-state index in [-0.39, 0.29) is 11.8 Å². The molecule has 1 aliphatic rings. The van der Waals surface area contributed by atoms with E-state index in [9.17, 15) is 4.79 Å². The molecule has 2 rings (SSSR count). The first-order chi connectivity index (χ1) is 9.11. The molecule has 0 aliphatic carbocycles. The molecule has 0 bridgehead atoms. The molecule has 0 radical (unpaired) electrons. The van der Waals surface area contributed by atoms with Crippen LogP contribution in [0, 0.1) is 5.92 Å². The van der Waals surface area contributed by atoms with E-state index in [4.69, 9.17) is 5.73 Å². The summed E-state index contributed by atoms with van der Waals surface area (Å²) in [6, 6.07) is 8.99. The molecular formula is C15H23N3O. The average molecular weight is 261 g/mol. The number of carbonyl (C=O) groups is 1. The van der Waals surface area contributed by atoms with Gasteiger partial charge in [0.15, 0.2) is 0 Å². The van der Waals surface area contributed by atoms with Crippen molar-refractivity contribution in [2.75, 3.05) is 18.5 Å². The molecular weight excluding hydrogens is 238 g/mol. The van der Waals surface area contributed by atoms with Gasteiger partial charge in [0.1, 0.15) is 0 Å². The highest BCUT2D eigenvalue weighted by molar-refractivity contribution is 5.77. The molecule has 2 unspecified atom stereocenters. The second kappa shape index (κ2) is 6.06. The minimum atomic E-state index is -0.177. The number of hydrogen-bond acceptors (Lipinski definition) is 3. The standard InChI is InChI=1S/C15H23N3O/c1-11-3-6-13(15(16)19)10-18(11)14-7-4-12(5-8-14)9-17-2/h4-5,7-8,11,13,17H,3,6,9-10H2,1-2H3,(H2,16,19). The van der Waals surface area contributed by atoms with Crippen LogP contribution in [0.1, 0.15) is 25.3 Å². The predicted octanol–water partition coefficient (Wildman–Crippen LogP) is 1.50. The molecule has 1 fully saturated rings. The number of nitrogens with zero attached hydrogens (tertiary/aromatic N) is 1. The molecule has 2 atom stereocenters. The maximum absolute atomic E-state index is 11.4. The van der Waals surface area contributed by atoms with E-state index >= 15 is 0 Å². The van der Waals surface area contributed by atoms with Crippen LogP contribution in [0.4, 0.5) is 5.69 Å². The number of benzene rings is 1. The molecule has 1 aromatic rings. The van der Waals surface area contributed by atoms with Crippen molar-refractivity contribution in [3.8, 4) is 0 Å². The van der Waals surface area contributed by atoms with Crippen molar-refractivity contribution in [1.82, 2.24) is 5.32 Å². The Balaban J connectivity index is 2.11. The summed E-state index contributed by atoms with van der Waals surface area (Å²) < 4.78 is 0. The number of anilines is 1. The van der Waals surface area contributed by atoms with Crippen LogP contribution in [-0.2, 0) is 11.3 Å². The summed E-state index contributed by atoms with van der Waals surface area (Å²) in [5, 5.41) is 3.14. The molecule has 3 N–H and O–H groups in total. The van der Waals surface area contributed by atoms with Gasteiger partial charge >= 0.3 is 0 Å². The molecule has 4 heteroatoms. The highest BCUT2D eigenvalue weighted by Crippen LogP contribution is 2.27. The highest BCUT2D eigenvalue weighted by atomic mass is 16.1. The highest BCUT2D eigenvalue weighted by Gasteiger charge is 2.28. The van der Waals surface area contributed by atoms with Crippen molar-refractivity contribution in [2.45, 2.75) is 32.4 Å². The maximum Gasteiger partial charge on any atom is 0.222 e. The molecule has 1 heterocycles. The molecule has 19 heavy (non-hydrogen) atoms. The van der Waals surface area contributed by atoms with Gasteiger partial charge in [-0.25, -0.2) is 0 Å². The number of nitrogens with one attached hydrogen (secondary N) is 1. The van der Waals surface area contributed by atoms with E-state index in [0.717, 1.165) is 25.9 Å². The summed E-state index contributed by atoms with van der Waals surface area (Å²) in [5.74, 6) is -0.197. The van der Waals surface area contributed by atoms with Crippen molar-refractivity contribution in [3.05, 3.63) is 29.8 Å². The van der Waals surface area contributed by atoms with Crippen LogP contribution in [0.2, 0.25) is 0 Å². The van der Waals surface area contributed by atoms with Crippen molar-refractivity contribution in [2.24, 2.45) is 11.7 Å². The Hall–Kier alpha value is -1.55. The van der Waals surface area contributed by atoms with Gasteiger partial charge in [0.25, 0.3) is 0 Å². The number of piperidine rings is 1. The lowest BCUT2D eigenvalue weighted by Crippen LogP contribution is -2.45. The lowest BCUT2D eigenvalue weighted by atomic mass is 9.92. The van der Waals surface area contributed by atoms with Gasteiger partial charge < -0.3 is 16.0 Å². The number of rotatable bonds is 4. The maximum atomic E-state index is 11.4. The third-order valence-electron chi connectivity index (χ3n) is 3.93. The number of primary amides is 1. The van der Waals surface area contributed by atoms with Gasteiger partial charge in [-0.3, -0.25) is 4.79 Å². The molecule has 4 nitrogen and oxygen atoms in total. The van der Waals surface area contributed by atoms with Crippen LogP contribution in [0.5, 0.6) is 0 Å². The average Bonchev–Trinajstić information content (AvgIpc) is 2.40. The largest absolute Gasteiger partial charge is 0.369 e. The Morgan fingerprint density at radius 3 is 2.63 bits per heavy atom. The van der Waals surface area contributed by atoms with Crippen molar-refractivity contribution >= 4 is 11.6 Å². The molecule has 104 valence electrons. The summed E-state index contributed by atoms with van der Waals surface area (Å²) in [6.07, 6.45) is 1.93. The van der Waals surface area contributed by atoms with Gasteiger partial charge in [0.2, 0.25) is 5.91 Å². The van der Waals surface area contributed by atoms with Crippen molar-refractivity contribution in [1.29, 1.82) is 0 Å². The van der Waals surface area contributed by atoms with Gasteiger partial charge in [0.05, 0.1) is 5.92 Å². The summed E-state index contributed by atoms with van der Waals surface area (Å²) in [7, 11) is 1.94. The first kappa shape index (κ1) is 13.9. The summed E-state index contributed by atoms with van der Waals surface area (Å²) in [4.78, 5) is 13.7. The molecule has 1 aliphatic heterocycles. The Kier molecular flexibility index (Phi) is 4.43. The monoisotopic (exact) mass is 261 g/mol. The minimum absolute atomic E-state index is 0.0202. The predicted molar refractivity (Wildman–Crippen MR) is 77.9 cm³/mol. The Morgan fingerprint density at radius 2 is 2.05 bits per heavy atom. The van der Waals surface area contributed by atoms with Crippen LogP contribution < -0.4 is 16.0 Å². The Labute approximate surface area is 115 Å². The number of nitrogens with two attached hydrogens (primary N) is 1. The fourth-order valence-electron chi connectivity index (χ4n) is 2.71. The molecule has 1 amide bonds. The fraction of sp³-hybridized carbons (Fsp3) is 0.533. The van der Waals surface area contributed by atoms with Gasteiger partial charge in [0, 0.05) is 24.8 Å². The Morgan fingerprint density at radius 1 is 1.37 bits per heavy atom. The number of amides is 1. The lowest BCUT2D eigenvalue weighted by Gasteiger charge is -2.38. The zero-order valence-electron chi connectivity index (χ0n) is 11.7. The first-order valence-corrected chi connectivity index (χ1v) is 6.91. The first-order valence-electron chi connectivity index (χ1n) is 6.91. The van der Waals surface area contributed by atoms with Gasteiger partial charge in [-0.15, -0.1) is 0 Å². The van der Waals surface area contributed by atoms with E-state index in [1.54, 1.807) is 0 Å². The van der Waals surface area contributed by atoms with E-state index in [1.165, 1.54) is 11.3 Å². The Bertz CT molecular complexity index is 430. The molecule has 0 spiro atoms. The topological polar surface area (TPSA) is 58.4 Å². The quantitative estimate of drug-likeness (QED) is 0.863. The second-order valence-corrected chi connectivity index (χ2v) is 5.37. The van der Waals surface area contributed by atoms with Crippen LogP contribution in [-0.4, -0.2) is 25.5 Å². The minimum Gasteiger partial charge on any atom is -0.369 e. The van der Waals surface area contributed by atoms with Gasteiger partial charge in [-0.2, -0.15) is 0 Å². The smallest absolute Gasteiger partial charge is 0.222 e. The number of hydrogen-bond donors (Lipinski definition) is 2. The molecule has 0 aromatic heterocycles. The van der Waals surface area contributed by atoms with Crippen molar-refractivity contribution < 1.29 is 4.79 Å². The summed E-state index contributed by atoms with van der Waals surface area (Å²) in [6.45, 7) is 3.82. The third-order valence-corrected chi connectivity index (χ3v) is 3.93. The zero-order valence-corrected chi connectivity index (χ0v) is 11.7. The fourth-order valence-corrected chi connectivity index (χ4v) is 2.71. The second-order valence-electron chi connectivity index (χ2n) is 5.37. The summed E-state index contributed by atoms with van der Waals surface area (Å²) >= 11 is 0. The van der Waals surface area contributed by atoms with Crippen LogP contribution in [0.3, 0.4) is 0 Å². The van der Waals surface area contributed by atoms with Crippen LogP contribution in [0.15, 0.2) is 24.3 Å². The molecule has 1 aromatic carbocycles. The molecule has 1 saturated heterocycles.